The Morgan fingerprint density at radius 2 is 2.07 bits per heavy atom. The van der Waals surface area contributed by atoms with E-state index in [9.17, 15) is 18.0 Å². The molecule has 0 fully saturated rings. The predicted octanol–water partition coefficient (Wildman–Crippen LogP) is 3.71. The van der Waals surface area contributed by atoms with Crippen LogP contribution >= 0.6 is 0 Å². The van der Waals surface area contributed by atoms with Crippen LogP contribution in [0.4, 0.5) is 13.2 Å². The van der Waals surface area contributed by atoms with Crippen molar-refractivity contribution in [3.8, 4) is 5.88 Å². The zero-order chi connectivity index (χ0) is 22.1. The maximum Gasteiger partial charge on any atom is 0.406 e. The summed E-state index contributed by atoms with van der Waals surface area (Å²) in [6, 6.07) is 3.11. The van der Waals surface area contributed by atoms with Gasteiger partial charge >= 0.3 is 6.18 Å². The van der Waals surface area contributed by atoms with Crippen molar-refractivity contribution >= 4 is 16.9 Å². The molecule has 0 unspecified atom stereocenters. The molecule has 1 amide bonds. The number of hydrogen-bond acceptors (Lipinski definition) is 5. The van der Waals surface area contributed by atoms with Gasteiger partial charge in [0.05, 0.1) is 25.3 Å². The van der Waals surface area contributed by atoms with Gasteiger partial charge in [-0.3, -0.25) is 4.79 Å². The summed E-state index contributed by atoms with van der Waals surface area (Å²) >= 11 is 0. The zero-order valence-corrected chi connectivity index (χ0v) is 17.2. The molecule has 0 atom stereocenters. The third-order valence-corrected chi connectivity index (χ3v) is 4.95. The normalized spacial score (nSPS) is 11.8. The number of halogens is 3. The maximum atomic E-state index is 13.0. The molecule has 0 aliphatic heterocycles. The van der Waals surface area contributed by atoms with E-state index in [0.717, 1.165) is 21.4 Å². The summed E-state index contributed by atoms with van der Waals surface area (Å²) in [5.74, 6) is 0.102. The highest BCUT2D eigenvalue weighted by molar-refractivity contribution is 5.86. The van der Waals surface area contributed by atoms with E-state index in [1.54, 1.807) is 17.8 Å². The van der Waals surface area contributed by atoms with Crippen molar-refractivity contribution in [1.29, 1.82) is 0 Å². The number of nitrogens with zero attached hydrogens (tertiary/aromatic N) is 4. The molecule has 0 aliphatic rings. The standard InChI is InChI=1S/C20H23F3N4O3/c1-12-15(13(2)24-18-17(12)19(29-4)25-26(18)3)7-8-16(28)27(11-20(21,22)23)10-14-6-5-9-30-14/h5-6,9H,7-8,10-11H2,1-4H3. The molecule has 0 saturated heterocycles. The molecule has 10 heteroatoms. The fourth-order valence-electron chi connectivity index (χ4n) is 3.54. The molecular weight excluding hydrogens is 401 g/mol. The number of furan rings is 1. The van der Waals surface area contributed by atoms with Crippen molar-refractivity contribution in [2.24, 2.45) is 7.05 Å². The number of rotatable bonds is 7. The van der Waals surface area contributed by atoms with Crippen LogP contribution in [0, 0.1) is 13.8 Å². The minimum Gasteiger partial charge on any atom is -0.479 e. The highest BCUT2D eigenvalue weighted by atomic mass is 19.4. The van der Waals surface area contributed by atoms with E-state index >= 15 is 0 Å². The van der Waals surface area contributed by atoms with Crippen LogP contribution in [0.25, 0.3) is 11.0 Å². The van der Waals surface area contributed by atoms with Crippen LogP contribution in [-0.2, 0) is 24.8 Å². The van der Waals surface area contributed by atoms with Crippen LogP contribution in [0.2, 0.25) is 0 Å². The van der Waals surface area contributed by atoms with Gasteiger partial charge in [0.2, 0.25) is 11.8 Å². The Balaban J connectivity index is 1.83. The van der Waals surface area contributed by atoms with E-state index in [4.69, 9.17) is 9.15 Å². The smallest absolute Gasteiger partial charge is 0.406 e. The highest BCUT2D eigenvalue weighted by Gasteiger charge is 2.33. The van der Waals surface area contributed by atoms with Crippen molar-refractivity contribution in [2.45, 2.75) is 39.4 Å². The second-order valence-electron chi connectivity index (χ2n) is 7.08. The number of amides is 1. The number of methoxy groups -OCH3 is 1. The number of ether oxygens (including phenoxy) is 1. The fourth-order valence-corrected chi connectivity index (χ4v) is 3.54. The summed E-state index contributed by atoms with van der Waals surface area (Å²) in [6.45, 7) is 2.11. The number of aromatic nitrogens is 3. The monoisotopic (exact) mass is 424 g/mol. The van der Waals surface area contributed by atoms with E-state index in [1.165, 1.54) is 19.4 Å². The highest BCUT2D eigenvalue weighted by Crippen LogP contribution is 2.30. The largest absolute Gasteiger partial charge is 0.479 e. The predicted molar refractivity (Wildman–Crippen MR) is 103 cm³/mol. The third kappa shape index (κ3) is 4.58. The van der Waals surface area contributed by atoms with Crippen LogP contribution in [-0.4, -0.2) is 45.4 Å². The van der Waals surface area contributed by atoms with Crippen molar-refractivity contribution in [3.63, 3.8) is 0 Å². The molecule has 3 aromatic rings. The molecule has 0 bridgehead atoms. The van der Waals surface area contributed by atoms with E-state index in [2.05, 4.69) is 10.1 Å². The number of alkyl halides is 3. The van der Waals surface area contributed by atoms with Crippen LogP contribution in [0.1, 0.15) is 29.0 Å². The summed E-state index contributed by atoms with van der Waals surface area (Å²) in [6.07, 6.45) is -2.98. The van der Waals surface area contributed by atoms with Crippen LogP contribution < -0.4 is 4.74 Å². The molecule has 3 rings (SSSR count). The Hall–Kier alpha value is -3.04. The quantitative estimate of drug-likeness (QED) is 0.578. The molecule has 30 heavy (non-hydrogen) atoms. The van der Waals surface area contributed by atoms with Gasteiger partial charge in [-0.15, -0.1) is 5.10 Å². The molecule has 0 saturated carbocycles. The van der Waals surface area contributed by atoms with Gasteiger partial charge in [-0.1, -0.05) is 0 Å². The van der Waals surface area contributed by atoms with Crippen LogP contribution in [0.3, 0.4) is 0 Å². The molecule has 0 spiro atoms. The van der Waals surface area contributed by atoms with Gasteiger partial charge in [0.25, 0.3) is 0 Å². The van der Waals surface area contributed by atoms with Crippen molar-refractivity contribution in [1.82, 2.24) is 19.7 Å². The summed E-state index contributed by atoms with van der Waals surface area (Å²) in [5.41, 5.74) is 3.00. The van der Waals surface area contributed by atoms with E-state index in [0.29, 0.717) is 23.0 Å². The van der Waals surface area contributed by atoms with E-state index in [-0.39, 0.29) is 19.4 Å². The van der Waals surface area contributed by atoms with Gasteiger partial charge in [0.1, 0.15) is 12.3 Å². The molecule has 3 aromatic heterocycles. The van der Waals surface area contributed by atoms with Gasteiger partial charge in [-0.2, -0.15) is 13.2 Å². The minimum atomic E-state index is -4.50. The van der Waals surface area contributed by atoms with Gasteiger partial charge in [0.15, 0.2) is 5.65 Å². The third-order valence-electron chi connectivity index (χ3n) is 4.95. The molecular formula is C20H23F3N4O3. The molecule has 0 aromatic carbocycles. The Labute approximate surface area is 171 Å². The van der Waals surface area contributed by atoms with Gasteiger partial charge in [-0.25, -0.2) is 9.67 Å². The zero-order valence-electron chi connectivity index (χ0n) is 17.2. The fraction of sp³-hybridized carbons (Fsp3) is 0.450. The Morgan fingerprint density at radius 1 is 1.33 bits per heavy atom. The Bertz CT molecular complexity index is 1040. The van der Waals surface area contributed by atoms with Crippen molar-refractivity contribution in [2.75, 3.05) is 13.7 Å². The number of hydrogen-bond donors (Lipinski definition) is 0. The molecule has 0 radical (unpaired) electrons. The lowest BCUT2D eigenvalue weighted by Gasteiger charge is -2.23. The van der Waals surface area contributed by atoms with E-state index < -0.39 is 18.6 Å². The van der Waals surface area contributed by atoms with Crippen molar-refractivity contribution < 1.29 is 27.1 Å². The van der Waals surface area contributed by atoms with Gasteiger partial charge < -0.3 is 14.1 Å². The first-order valence-electron chi connectivity index (χ1n) is 9.34. The number of pyridine rings is 1. The lowest BCUT2D eigenvalue weighted by molar-refractivity contribution is -0.162. The van der Waals surface area contributed by atoms with Gasteiger partial charge in [0, 0.05) is 19.2 Å². The number of fused-ring (bicyclic) bond motifs is 1. The molecule has 3 heterocycles. The molecule has 0 aliphatic carbocycles. The first kappa shape index (κ1) is 21.7. The lowest BCUT2D eigenvalue weighted by Crippen LogP contribution is -2.38. The molecule has 162 valence electrons. The summed E-state index contributed by atoms with van der Waals surface area (Å²) in [5, 5.41) is 5.01. The SMILES string of the molecule is COc1nn(C)c2nc(C)c(CCC(=O)N(Cc3ccco3)CC(F)(F)F)c(C)c12. The number of carbonyl (C=O) groups excluding carboxylic acids is 1. The number of carbonyl (C=O) groups is 1. The average Bonchev–Trinajstić information content (AvgIpc) is 3.27. The second kappa shape index (κ2) is 8.37. The number of aryl methyl sites for hydroxylation is 3. The Morgan fingerprint density at radius 3 is 2.67 bits per heavy atom. The average molecular weight is 424 g/mol. The Kier molecular flexibility index (Phi) is 6.04. The molecule has 0 N–H and O–H groups in total. The first-order chi connectivity index (χ1) is 14.1. The summed E-state index contributed by atoms with van der Waals surface area (Å²) in [4.78, 5) is 18.0. The topological polar surface area (TPSA) is 73.4 Å². The second-order valence-corrected chi connectivity index (χ2v) is 7.08. The van der Waals surface area contributed by atoms with Crippen LogP contribution in [0.5, 0.6) is 5.88 Å². The summed E-state index contributed by atoms with van der Waals surface area (Å²) in [7, 11) is 3.26. The molecule has 7 nitrogen and oxygen atoms in total. The van der Waals surface area contributed by atoms with Crippen molar-refractivity contribution in [3.05, 3.63) is 41.0 Å². The maximum absolute atomic E-state index is 13.0. The summed E-state index contributed by atoms with van der Waals surface area (Å²) < 4.78 is 51.0. The van der Waals surface area contributed by atoms with Crippen LogP contribution in [0.15, 0.2) is 22.8 Å². The van der Waals surface area contributed by atoms with E-state index in [1.807, 2.05) is 13.8 Å². The minimum absolute atomic E-state index is 0.0891. The lowest BCUT2D eigenvalue weighted by atomic mass is 10.00. The first-order valence-corrected chi connectivity index (χ1v) is 9.34. The van der Waals surface area contributed by atoms with Gasteiger partial charge in [-0.05, 0) is 43.5 Å².